The number of hydrogen-bond acceptors (Lipinski definition) is 13. The highest BCUT2D eigenvalue weighted by Gasteiger charge is 2.47. The van der Waals surface area contributed by atoms with Crippen molar-refractivity contribution < 1.29 is 27.7 Å². The van der Waals surface area contributed by atoms with Crippen LogP contribution in [0.3, 0.4) is 0 Å². The van der Waals surface area contributed by atoms with E-state index in [1.54, 1.807) is 0 Å². The van der Waals surface area contributed by atoms with E-state index in [4.69, 9.17) is 37.1 Å². The van der Waals surface area contributed by atoms with E-state index in [1.165, 1.54) is 17.2 Å². The maximum Gasteiger partial charge on any atom is 0.280 e. The number of aliphatic hydroxyl groups excluding tert-OH is 1. The molecule has 2 aliphatic heterocycles. The molecule has 2 saturated heterocycles. The van der Waals surface area contributed by atoms with Gasteiger partial charge >= 0.3 is 0 Å². The first-order valence-corrected chi connectivity index (χ1v) is 16.3. The van der Waals surface area contributed by atoms with Crippen molar-refractivity contribution in [2.45, 2.75) is 56.3 Å². The molecule has 0 aliphatic carbocycles. The molecule has 220 valence electrons. The Kier molecular flexibility index (Phi) is 7.46. The average Bonchev–Trinajstić information content (AvgIpc) is 3.62. The molecule has 0 saturated carbocycles. The highest BCUT2D eigenvalue weighted by molar-refractivity contribution is 8.60. The maximum absolute atomic E-state index is 15.9. The van der Waals surface area contributed by atoms with Crippen LogP contribution < -0.4 is 17.0 Å². The number of anilines is 2. The number of imidazole rings is 2. The minimum absolute atomic E-state index is 0.0782. The van der Waals surface area contributed by atoms with Crippen molar-refractivity contribution in [3.8, 4) is 0 Å². The Hall–Kier alpha value is -2.80. The molecule has 0 radical (unpaired) electrons. The van der Waals surface area contributed by atoms with Gasteiger partial charge in [-0.2, -0.15) is 4.98 Å². The Balaban J connectivity index is 1.25. The lowest BCUT2D eigenvalue weighted by Gasteiger charge is -2.30. The number of H-pyrrole nitrogens is 1. The van der Waals surface area contributed by atoms with Gasteiger partial charge in [0.1, 0.15) is 24.1 Å². The molecule has 0 aromatic carbocycles. The molecule has 20 heteroatoms. The fourth-order valence-corrected chi connectivity index (χ4v) is 7.17. The zero-order valence-corrected chi connectivity index (χ0v) is 23.6. The van der Waals surface area contributed by atoms with Crippen LogP contribution in [0.4, 0.5) is 20.5 Å². The van der Waals surface area contributed by atoms with E-state index in [0.29, 0.717) is 11.2 Å². The number of nitrogen functional groups attached to an aromatic ring is 2. The van der Waals surface area contributed by atoms with Crippen LogP contribution in [-0.4, -0.2) is 75.3 Å². The second kappa shape index (κ2) is 10.8. The number of fused-ring (bicyclic) bond motifs is 3. The first kappa shape index (κ1) is 28.3. The Morgan fingerprint density at radius 3 is 2.76 bits per heavy atom. The Morgan fingerprint density at radius 1 is 1.17 bits per heavy atom. The van der Waals surface area contributed by atoms with Crippen molar-refractivity contribution >= 4 is 63.8 Å². The number of aromatic amines is 1. The standard InChI is InChI=1S/C21H25F2N10O5PS2/c22-9-3-1-2-8-10(37-20(11(8)23)33-7-28-12-15(24)26-5-27-16(12)33)4-36-39(40,41)38-14(9)19(35)32-6-29-13-17(32)30-21(25)31-18(13)34/h5-11,14,19-20,35H,1-4H2,(H,40,41)(H2,24,26,27)(H3,25,30,31,34)/t8-,9?,10-,11+,14-,19-,20-/m1/s1. The van der Waals surface area contributed by atoms with Gasteiger partial charge in [-0.15, -0.1) is 0 Å². The summed E-state index contributed by atoms with van der Waals surface area (Å²) in [5.74, 6) is -0.760. The third-order valence-corrected chi connectivity index (χ3v) is 9.38. The summed E-state index contributed by atoms with van der Waals surface area (Å²) in [6, 6.07) is 0. The Labute approximate surface area is 240 Å². The van der Waals surface area contributed by atoms with Crippen LogP contribution in [0.5, 0.6) is 0 Å². The quantitative estimate of drug-likeness (QED) is 0.161. The molecule has 0 amide bonds. The summed E-state index contributed by atoms with van der Waals surface area (Å²) in [7, 11) is 0. The minimum atomic E-state index is -3.52. The van der Waals surface area contributed by atoms with E-state index in [1.807, 2.05) is 0 Å². The Bertz CT molecular complexity index is 1710. The molecule has 4 aromatic heterocycles. The highest BCUT2D eigenvalue weighted by atomic mass is 32.9. The lowest BCUT2D eigenvalue weighted by atomic mass is 9.92. The van der Waals surface area contributed by atoms with Crippen molar-refractivity contribution in [1.29, 1.82) is 0 Å². The van der Waals surface area contributed by atoms with Gasteiger partial charge in [0.25, 0.3) is 5.56 Å². The van der Waals surface area contributed by atoms with Gasteiger partial charge in [-0.05, 0) is 31.1 Å². The van der Waals surface area contributed by atoms with Gasteiger partial charge in [-0.3, -0.25) is 18.9 Å². The number of aliphatic hydroxyl groups is 1. The molecule has 2 unspecified atom stereocenters. The van der Waals surface area contributed by atoms with Crippen LogP contribution in [0.1, 0.15) is 31.7 Å². The fourth-order valence-electron chi connectivity index (χ4n) is 5.22. The summed E-state index contributed by atoms with van der Waals surface area (Å²) >= 11 is 9.76. The van der Waals surface area contributed by atoms with Crippen LogP contribution in [0.2, 0.25) is 0 Å². The normalized spacial score (nSPS) is 32.1. The predicted octanol–water partition coefficient (Wildman–Crippen LogP) is 1.54. The van der Waals surface area contributed by atoms with Crippen molar-refractivity contribution in [2.24, 2.45) is 5.92 Å². The first-order valence-electron chi connectivity index (χ1n) is 12.5. The third kappa shape index (κ3) is 5.19. The number of thiol groups is 1. The third-order valence-electron chi connectivity index (χ3n) is 7.19. The van der Waals surface area contributed by atoms with Crippen molar-refractivity contribution in [1.82, 2.24) is 39.0 Å². The number of hydrogen-bond donors (Lipinski definition) is 5. The van der Waals surface area contributed by atoms with E-state index >= 15 is 8.78 Å². The number of nitrogens with two attached hydrogens (primary N) is 2. The van der Waals surface area contributed by atoms with Crippen LogP contribution in [0.15, 0.2) is 23.8 Å². The molecule has 4 aromatic rings. The van der Waals surface area contributed by atoms with Crippen molar-refractivity contribution in [2.75, 3.05) is 18.1 Å². The lowest BCUT2D eigenvalue weighted by Crippen LogP contribution is -2.34. The largest absolute Gasteiger partial charge is 0.382 e. The molecular weight excluding hydrogens is 605 g/mol. The van der Waals surface area contributed by atoms with Gasteiger partial charge in [0.05, 0.1) is 25.4 Å². The van der Waals surface area contributed by atoms with E-state index in [0.717, 1.165) is 10.9 Å². The van der Waals surface area contributed by atoms with Gasteiger partial charge in [0, 0.05) is 5.92 Å². The number of alkyl halides is 2. The van der Waals surface area contributed by atoms with Crippen molar-refractivity contribution in [3.63, 3.8) is 0 Å². The van der Waals surface area contributed by atoms with Gasteiger partial charge < -0.3 is 30.4 Å². The van der Waals surface area contributed by atoms with E-state index < -0.39 is 54.2 Å². The maximum atomic E-state index is 15.9. The molecule has 8 atom stereocenters. The highest BCUT2D eigenvalue weighted by Crippen LogP contribution is 2.57. The molecule has 15 nitrogen and oxygen atoms in total. The summed E-state index contributed by atoms with van der Waals surface area (Å²) < 4.78 is 51.7. The van der Waals surface area contributed by atoms with Crippen LogP contribution >= 0.6 is 17.9 Å². The number of halogens is 2. The number of aromatic nitrogens is 8. The molecule has 6 rings (SSSR count). The number of nitrogens with one attached hydrogen (secondary N) is 1. The second-order valence-electron chi connectivity index (χ2n) is 9.73. The SMILES string of the molecule is Nc1nc2c(ncn2[C@H](O)[C@@H]2OP(=S)(S)OC[C@H]3O[C@@H](n4cnc5c(N)ncnc54)[C@@H](F)[C@@H]3CCCC2F)c(=O)[nH]1. The zero-order valence-electron chi connectivity index (χ0n) is 21.0. The summed E-state index contributed by atoms with van der Waals surface area (Å²) in [6.07, 6.45) is -4.41. The van der Waals surface area contributed by atoms with Crippen LogP contribution in [0.25, 0.3) is 22.3 Å². The zero-order chi connectivity index (χ0) is 29.1. The molecular formula is C21H25F2N10O5PS2. The molecule has 6 heterocycles. The molecule has 6 N–H and O–H groups in total. The average molecular weight is 631 g/mol. The van der Waals surface area contributed by atoms with Gasteiger partial charge in [0.2, 0.25) is 11.6 Å². The summed E-state index contributed by atoms with van der Waals surface area (Å²) in [5, 5.41) is 11.1. The fraction of sp³-hybridized carbons (Fsp3) is 0.524. The van der Waals surface area contributed by atoms with Crippen molar-refractivity contribution in [3.05, 3.63) is 29.3 Å². The summed E-state index contributed by atoms with van der Waals surface area (Å²) in [5.41, 5.74) is 7.77. The van der Waals surface area contributed by atoms with E-state index in [2.05, 4.69) is 42.2 Å². The molecule has 2 fully saturated rings. The van der Waals surface area contributed by atoms with Gasteiger partial charge in [0.15, 0.2) is 41.3 Å². The first-order chi connectivity index (χ1) is 19.5. The number of nitrogens with zero attached hydrogens (tertiary/aromatic N) is 7. The topological polar surface area (TPSA) is 207 Å². The monoisotopic (exact) mass is 630 g/mol. The molecule has 0 bridgehead atoms. The Morgan fingerprint density at radius 2 is 1.95 bits per heavy atom. The molecule has 41 heavy (non-hydrogen) atoms. The minimum Gasteiger partial charge on any atom is -0.382 e. The van der Waals surface area contributed by atoms with Gasteiger partial charge in [-0.25, -0.2) is 28.7 Å². The predicted molar refractivity (Wildman–Crippen MR) is 149 cm³/mol. The van der Waals surface area contributed by atoms with Crippen LogP contribution in [0, 0.1) is 5.92 Å². The van der Waals surface area contributed by atoms with Gasteiger partial charge in [-0.1, -0.05) is 12.2 Å². The molecule has 0 spiro atoms. The lowest BCUT2D eigenvalue weighted by molar-refractivity contribution is -0.0563. The second-order valence-corrected chi connectivity index (χ2v) is 15.0. The van der Waals surface area contributed by atoms with Crippen LogP contribution in [-0.2, 0) is 25.6 Å². The smallest absolute Gasteiger partial charge is 0.280 e. The molecule has 2 aliphatic rings. The number of rotatable bonds is 3. The number of ether oxygens (including phenoxy) is 1. The van der Waals surface area contributed by atoms with E-state index in [9.17, 15) is 9.90 Å². The van der Waals surface area contributed by atoms with E-state index in [-0.39, 0.29) is 48.8 Å². The summed E-state index contributed by atoms with van der Waals surface area (Å²) in [6.45, 7) is -0.201. The summed E-state index contributed by atoms with van der Waals surface area (Å²) in [4.78, 5) is 34.6.